The zero-order valence-corrected chi connectivity index (χ0v) is 7.71. The number of nitrogens with two attached hydrogens (primary N) is 1. The fourth-order valence-electron chi connectivity index (χ4n) is 1.09. The van der Waals surface area contributed by atoms with Crippen LogP contribution >= 0.6 is 0 Å². The molecule has 70 valence electrons. The van der Waals surface area contributed by atoms with Crippen LogP contribution in [0.15, 0.2) is 18.2 Å². The summed E-state index contributed by atoms with van der Waals surface area (Å²) in [6.45, 7) is 2.07. The molecule has 0 saturated heterocycles. The first-order chi connectivity index (χ1) is 6.22. The SMILES string of the molecule is CC/C=C\c1ccc(CC(N)=O)[nH]1. The van der Waals surface area contributed by atoms with E-state index in [1.54, 1.807) is 0 Å². The summed E-state index contributed by atoms with van der Waals surface area (Å²) in [6.07, 6.45) is 5.33. The number of carbonyl (C=O) groups excluding carboxylic acids is 1. The van der Waals surface area contributed by atoms with E-state index in [0.717, 1.165) is 17.8 Å². The third-order valence-corrected chi connectivity index (χ3v) is 1.67. The lowest BCUT2D eigenvalue weighted by Crippen LogP contribution is -2.13. The number of rotatable bonds is 4. The Kier molecular flexibility index (Phi) is 3.31. The molecule has 0 aliphatic heterocycles. The van der Waals surface area contributed by atoms with Crippen LogP contribution in [0.4, 0.5) is 0 Å². The number of allylic oxidation sites excluding steroid dienone is 1. The van der Waals surface area contributed by atoms with Gasteiger partial charge in [-0.25, -0.2) is 0 Å². The maximum atomic E-state index is 10.6. The molecule has 0 radical (unpaired) electrons. The van der Waals surface area contributed by atoms with Crippen molar-refractivity contribution in [3.05, 3.63) is 29.6 Å². The zero-order valence-electron chi connectivity index (χ0n) is 7.71. The average molecular weight is 178 g/mol. The molecule has 0 aromatic carbocycles. The zero-order chi connectivity index (χ0) is 9.68. The summed E-state index contributed by atoms with van der Waals surface area (Å²) >= 11 is 0. The minimum absolute atomic E-state index is 0.278. The number of hydrogen-bond acceptors (Lipinski definition) is 1. The molecule has 0 fully saturated rings. The van der Waals surface area contributed by atoms with Gasteiger partial charge in [0.25, 0.3) is 0 Å². The van der Waals surface area contributed by atoms with E-state index in [9.17, 15) is 4.79 Å². The summed E-state index contributed by atoms with van der Waals surface area (Å²) in [6, 6.07) is 3.81. The van der Waals surface area contributed by atoms with Gasteiger partial charge in [-0.15, -0.1) is 0 Å². The van der Waals surface area contributed by atoms with Crippen molar-refractivity contribution < 1.29 is 4.79 Å². The summed E-state index contributed by atoms with van der Waals surface area (Å²) in [5.74, 6) is -0.312. The van der Waals surface area contributed by atoms with Crippen molar-refractivity contribution in [3.63, 3.8) is 0 Å². The quantitative estimate of drug-likeness (QED) is 0.720. The predicted octanol–water partition coefficient (Wildman–Crippen LogP) is 1.47. The van der Waals surface area contributed by atoms with Crippen molar-refractivity contribution in [1.82, 2.24) is 4.98 Å². The molecule has 1 aromatic heterocycles. The molecule has 3 N–H and O–H groups in total. The largest absolute Gasteiger partial charge is 0.369 e. The normalized spacial score (nSPS) is 10.8. The Bertz CT molecular complexity index is 312. The Balaban J connectivity index is 2.63. The van der Waals surface area contributed by atoms with Crippen molar-refractivity contribution in [2.75, 3.05) is 0 Å². The van der Waals surface area contributed by atoms with Crippen LogP contribution in [0, 0.1) is 0 Å². The fraction of sp³-hybridized carbons (Fsp3) is 0.300. The maximum Gasteiger partial charge on any atom is 0.223 e. The number of aromatic amines is 1. The maximum absolute atomic E-state index is 10.6. The highest BCUT2D eigenvalue weighted by atomic mass is 16.1. The van der Waals surface area contributed by atoms with Gasteiger partial charge in [0.2, 0.25) is 5.91 Å². The van der Waals surface area contributed by atoms with Gasteiger partial charge in [0.15, 0.2) is 0 Å². The molecule has 0 bridgehead atoms. The van der Waals surface area contributed by atoms with Gasteiger partial charge in [-0.3, -0.25) is 4.79 Å². The van der Waals surface area contributed by atoms with Crippen LogP contribution in [-0.4, -0.2) is 10.9 Å². The lowest BCUT2D eigenvalue weighted by molar-refractivity contribution is -0.117. The van der Waals surface area contributed by atoms with Gasteiger partial charge in [-0.2, -0.15) is 0 Å². The lowest BCUT2D eigenvalue weighted by Gasteiger charge is -1.90. The van der Waals surface area contributed by atoms with Gasteiger partial charge in [-0.1, -0.05) is 13.0 Å². The second-order valence-electron chi connectivity index (χ2n) is 2.89. The summed E-state index contributed by atoms with van der Waals surface area (Å²) in [5.41, 5.74) is 6.93. The molecule has 0 unspecified atom stereocenters. The first kappa shape index (κ1) is 9.58. The summed E-state index contributed by atoms with van der Waals surface area (Å²) in [5, 5.41) is 0. The Morgan fingerprint density at radius 3 is 3.00 bits per heavy atom. The molecule has 0 spiro atoms. The molecule has 0 atom stereocenters. The standard InChI is InChI=1S/C10H14N2O/c1-2-3-4-8-5-6-9(12-8)7-10(11)13/h3-6,12H,2,7H2,1H3,(H2,11,13)/b4-3-. The highest BCUT2D eigenvalue weighted by Gasteiger charge is 1.99. The van der Waals surface area contributed by atoms with Crippen LogP contribution in [0.1, 0.15) is 24.7 Å². The van der Waals surface area contributed by atoms with Crippen LogP contribution in [0.2, 0.25) is 0 Å². The van der Waals surface area contributed by atoms with Crippen LogP contribution in [0.5, 0.6) is 0 Å². The van der Waals surface area contributed by atoms with Crippen LogP contribution in [0.3, 0.4) is 0 Å². The Hall–Kier alpha value is -1.51. The van der Waals surface area contributed by atoms with E-state index in [2.05, 4.69) is 18.0 Å². The Morgan fingerprint density at radius 1 is 1.62 bits per heavy atom. The van der Waals surface area contributed by atoms with Crippen molar-refractivity contribution in [2.24, 2.45) is 5.73 Å². The number of H-pyrrole nitrogens is 1. The molecule has 1 aromatic rings. The second kappa shape index (κ2) is 4.50. The van der Waals surface area contributed by atoms with Crippen LogP contribution in [-0.2, 0) is 11.2 Å². The third kappa shape index (κ3) is 3.15. The van der Waals surface area contributed by atoms with Gasteiger partial charge >= 0.3 is 0 Å². The van der Waals surface area contributed by atoms with Gasteiger partial charge in [0.05, 0.1) is 6.42 Å². The molecule has 0 aliphatic carbocycles. The van der Waals surface area contributed by atoms with Crippen LogP contribution < -0.4 is 5.73 Å². The second-order valence-corrected chi connectivity index (χ2v) is 2.89. The summed E-state index contributed by atoms with van der Waals surface area (Å²) in [7, 11) is 0. The van der Waals surface area contributed by atoms with Crippen molar-refractivity contribution in [2.45, 2.75) is 19.8 Å². The minimum Gasteiger partial charge on any atom is -0.369 e. The lowest BCUT2D eigenvalue weighted by atomic mass is 10.3. The topological polar surface area (TPSA) is 58.9 Å². The summed E-state index contributed by atoms with van der Waals surface area (Å²) in [4.78, 5) is 13.7. The summed E-state index contributed by atoms with van der Waals surface area (Å²) < 4.78 is 0. The molecule has 1 heterocycles. The molecule has 1 rings (SSSR count). The Labute approximate surface area is 77.6 Å². The first-order valence-corrected chi connectivity index (χ1v) is 4.35. The smallest absolute Gasteiger partial charge is 0.223 e. The van der Waals surface area contributed by atoms with Gasteiger partial charge in [0, 0.05) is 11.4 Å². The number of hydrogen-bond donors (Lipinski definition) is 2. The predicted molar refractivity (Wildman–Crippen MR) is 53.0 cm³/mol. The van der Waals surface area contributed by atoms with Crippen molar-refractivity contribution in [3.8, 4) is 0 Å². The molecular formula is C10H14N2O. The minimum atomic E-state index is -0.312. The average Bonchev–Trinajstić information content (AvgIpc) is 2.48. The molecule has 3 nitrogen and oxygen atoms in total. The monoisotopic (exact) mass is 178 g/mol. The van der Waals surface area contributed by atoms with E-state index in [-0.39, 0.29) is 12.3 Å². The van der Waals surface area contributed by atoms with E-state index >= 15 is 0 Å². The molecule has 3 heteroatoms. The van der Waals surface area contributed by atoms with E-state index < -0.39 is 0 Å². The highest BCUT2D eigenvalue weighted by Crippen LogP contribution is 2.04. The van der Waals surface area contributed by atoms with Crippen LogP contribution in [0.25, 0.3) is 6.08 Å². The van der Waals surface area contributed by atoms with Gasteiger partial charge < -0.3 is 10.7 Å². The molecule has 0 saturated carbocycles. The van der Waals surface area contributed by atoms with Gasteiger partial charge in [-0.05, 0) is 24.6 Å². The molecular weight excluding hydrogens is 164 g/mol. The van der Waals surface area contributed by atoms with E-state index in [0.29, 0.717) is 0 Å². The molecule has 13 heavy (non-hydrogen) atoms. The van der Waals surface area contributed by atoms with Gasteiger partial charge in [0.1, 0.15) is 0 Å². The first-order valence-electron chi connectivity index (χ1n) is 4.35. The van der Waals surface area contributed by atoms with E-state index in [1.165, 1.54) is 0 Å². The Morgan fingerprint density at radius 2 is 2.38 bits per heavy atom. The number of nitrogens with one attached hydrogen (secondary N) is 1. The number of carbonyl (C=O) groups is 1. The number of amides is 1. The van der Waals surface area contributed by atoms with E-state index in [4.69, 9.17) is 5.73 Å². The number of primary amides is 1. The molecule has 1 amide bonds. The molecule has 0 aliphatic rings. The third-order valence-electron chi connectivity index (χ3n) is 1.67. The van der Waals surface area contributed by atoms with Crippen molar-refractivity contribution in [1.29, 1.82) is 0 Å². The number of aromatic nitrogens is 1. The van der Waals surface area contributed by atoms with E-state index in [1.807, 2.05) is 18.2 Å². The van der Waals surface area contributed by atoms with Crippen molar-refractivity contribution >= 4 is 12.0 Å². The highest BCUT2D eigenvalue weighted by molar-refractivity contribution is 5.76. The fourth-order valence-corrected chi connectivity index (χ4v) is 1.09.